The summed E-state index contributed by atoms with van der Waals surface area (Å²) in [6, 6.07) is 8.54. The van der Waals surface area contributed by atoms with Gasteiger partial charge < -0.3 is 5.73 Å². The van der Waals surface area contributed by atoms with Crippen LogP contribution in [0.25, 0.3) is 0 Å². The summed E-state index contributed by atoms with van der Waals surface area (Å²) >= 11 is 3.46. The van der Waals surface area contributed by atoms with E-state index in [1.165, 1.54) is 5.56 Å². The van der Waals surface area contributed by atoms with Gasteiger partial charge in [-0.15, -0.1) is 0 Å². The number of halogens is 1. The van der Waals surface area contributed by atoms with E-state index in [0.717, 1.165) is 10.9 Å². The van der Waals surface area contributed by atoms with Crippen molar-refractivity contribution in [2.75, 3.05) is 0 Å². The summed E-state index contributed by atoms with van der Waals surface area (Å²) in [4.78, 5) is 0. The third kappa shape index (κ3) is 3.43. The Kier molecular flexibility index (Phi) is 3.73. The molecule has 14 heavy (non-hydrogen) atoms. The molecule has 0 heterocycles. The molecule has 1 aromatic carbocycles. The summed E-state index contributed by atoms with van der Waals surface area (Å²) in [7, 11) is 0. The zero-order valence-corrected chi connectivity index (χ0v) is 10.6. The molecule has 0 fully saturated rings. The number of nitrogens with two attached hydrogens (primary N) is 1. The summed E-state index contributed by atoms with van der Waals surface area (Å²) in [6.45, 7) is 6.53. The average Bonchev–Trinajstić information content (AvgIpc) is 2.02. The monoisotopic (exact) mass is 255 g/mol. The molecule has 0 aliphatic heterocycles. The van der Waals surface area contributed by atoms with E-state index in [2.05, 4.69) is 54.9 Å². The summed E-state index contributed by atoms with van der Waals surface area (Å²) in [6.07, 6.45) is 0.933. The Morgan fingerprint density at radius 3 is 2.50 bits per heavy atom. The molecule has 0 spiro atoms. The van der Waals surface area contributed by atoms with Crippen LogP contribution < -0.4 is 5.73 Å². The predicted molar refractivity (Wildman–Crippen MR) is 65.3 cm³/mol. The van der Waals surface area contributed by atoms with Gasteiger partial charge >= 0.3 is 0 Å². The van der Waals surface area contributed by atoms with Gasteiger partial charge in [0, 0.05) is 10.5 Å². The average molecular weight is 256 g/mol. The van der Waals surface area contributed by atoms with E-state index in [0.29, 0.717) is 0 Å². The minimum absolute atomic E-state index is 0.169. The van der Waals surface area contributed by atoms with Crippen molar-refractivity contribution >= 4 is 15.9 Å². The van der Waals surface area contributed by atoms with Crippen LogP contribution in [-0.2, 0) is 6.42 Å². The summed E-state index contributed by atoms with van der Waals surface area (Å²) in [5, 5.41) is 0. The van der Waals surface area contributed by atoms with Crippen molar-refractivity contribution in [2.24, 2.45) is 11.1 Å². The van der Waals surface area contributed by atoms with E-state index in [-0.39, 0.29) is 11.5 Å². The molecule has 2 heteroatoms. The maximum absolute atomic E-state index is 6.12. The lowest BCUT2D eigenvalue weighted by Gasteiger charge is -2.27. The molecule has 0 radical (unpaired) electrons. The highest BCUT2D eigenvalue weighted by molar-refractivity contribution is 9.10. The van der Waals surface area contributed by atoms with Crippen molar-refractivity contribution in [3.63, 3.8) is 0 Å². The predicted octanol–water partition coefficient (Wildman–Crippen LogP) is 3.37. The van der Waals surface area contributed by atoms with Crippen molar-refractivity contribution in [1.82, 2.24) is 0 Å². The number of hydrogen-bond donors (Lipinski definition) is 1. The zero-order chi connectivity index (χ0) is 10.8. The molecule has 0 saturated heterocycles. The Hall–Kier alpha value is -0.340. The first kappa shape index (κ1) is 11.7. The van der Waals surface area contributed by atoms with Crippen LogP contribution >= 0.6 is 15.9 Å². The molecule has 1 rings (SSSR count). The van der Waals surface area contributed by atoms with Gasteiger partial charge in [0.2, 0.25) is 0 Å². The Bertz CT molecular complexity index is 301. The van der Waals surface area contributed by atoms with Crippen LogP contribution in [0, 0.1) is 5.41 Å². The van der Waals surface area contributed by atoms with Gasteiger partial charge in [-0.1, -0.05) is 48.8 Å². The summed E-state index contributed by atoms with van der Waals surface area (Å²) in [5.41, 5.74) is 7.58. The molecule has 78 valence electrons. The van der Waals surface area contributed by atoms with Gasteiger partial charge in [-0.05, 0) is 29.5 Å². The van der Waals surface area contributed by atoms with Crippen LogP contribution in [-0.4, -0.2) is 6.04 Å². The van der Waals surface area contributed by atoms with Crippen molar-refractivity contribution in [3.8, 4) is 0 Å². The fourth-order valence-electron chi connectivity index (χ4n) is 1.22. The molecule has 2 N–H and O–H groups in total. The largest absolute Gasteiger partial charge is 0.327 e. The SMILES string of the molecule is CC(C)(C)C(N)Cc1cccc(Br)c1. The molecule has 1 nitrogen and oxygen atoms in total. The molecule has 1 unspecified atom stereocenters. The van der Waals surface area contributed by atoms with Crippen LogP contribution in [0.5, 0.6) is 0 Å². The lowest BCUT2D eigenvalue weighted by Crippen LogP contribution is -2.36. The quantitative estimate of drug-likeness (QED) is 0.862. The molecule has 0 aliphatic carbocycles. The second kappa shape index (κ2) is 4.45. The minimum Gasteiger partial charge on any atom is -0.327 e. The first-order valence-electron chi connectivity index (χ1n) is 4.89. The van der Waals surface area contributed by atoms with E-state index in [9.17, 15) is 0 Å². The van der Waals surface area contributed by atoms with E-state index in [1.807, 2.05) is 6.07 Å². The summed E-state index contributed by atoms with van der Waals surface area (Å²) in [5.74, 6) is 0. The number of rotatable bonds is 2. The maximum Gasteiger partial charge on any atom is 0.0178 e. The van der Waals surface area contributed by atoms with Gasteiger partial charge in [0.25, 0.3) is 0 Å². The summed E-state index contributed by atoms with van der Waals surface area (Å²) < 4.78 is 1.12. The Morgan fingerprint density at radius 2 is 2.00 bits per heavy atom. The lowest BCUT2D eigenvalue weighted by atomic mass is 9.84. The van der Waals surface area contributed by atoms with E-state index in [1.54, 1.807) is 0 Å². The van der Waals surface area contributed by atoms with Crippen molar-refractivity contribution in [3.05, 3.63) is 34.3 Å². The zero-order valence-electron chi connectivity index (χ0n) is 9.05. The minimum atomic E-state index is 0.169. The Morgan fingerprint density at radius 1 is 1.36 bits per heavy atom. The molecule has 0 bridgehead atoms. The normalized spacial score (nSPS) is 14.1. The molecular formula is C12H18BrN. The first-order chi connectivity index (χ1) is 6.39. The van der Waals surface area contributed by atoms with Crippen LogP contribution in [0.15, 0.2) is 28.7 Å². The molecule has 0 saturated carbocycles. The van der Waals surface area contributed by atoms with E-state index < -0.39 is 0 Å². The molecule has 0 amide bonds. The van der Waals surface area contributed by atoms with Crippen molar-refractivity contribution in [2.45, 2.75) is 33.2 Å². The second-order valence-electron chi connectivity index (χ2n) is 4.81. The van der Waals surface area contributed by atoms with Gasteiger partial charge in [-0.2, -0.15) is 0 Å². The van der Waals surface area contributed by atoms with Gasteiger partial charge in [0.1, 0.15) is 0 Å². The van der Waals surface area contributed by atoms with Gasteiger partial charge in [-0.25, -0.2) is 0 Å². The molecular weight excluding hydrogens is 238 g/mol. The topological polar surface area (TPSA) is 26.0 Å². The Labute approximate surface area is 94.8 Å². The lowest BCUT2D eigenvalue weighted by molar-refractivity contribution is 0.318. The van der Waals surface area contributed by atoms with Gasteiger partial charge in [-0.3, -0.25) is 0 Å². The smallest absolute Gasteiger partial charge is 0.0178 e. The fourth-order valence-corrected chi connectivity index (χ4v) is 1.67. The van der Waals surface area contributed by atoms with Crippen LogP contribution in [0.1, 0.15) is 26.3 Å². The molecule has 0 aliphatic rings. The number of hydrogen-bond acceptors (Lipinski definition) is 1. The highest BCUT2D eigenvalue weighted by Gasteiger charge is 2.20. The number of benzene rings is 1. The van der Waals surface area contributed by atoms with Crippen LogP contribution in [0.3, 0.4) is 0 Å². The highest BCUT2D eigenvalue weighted by atomic mass is 79.9. The second-order valence-corrected chi connectivity index (χ2v) is 5.72. The first-order valence-corrected chi connectivity index (χ1v) is 5.69. The van der Waals surface area contributed by atoms with E-state index >= 15 is 0 Å². The van der Waals surface area contributed by atoms with Crippen molar-refractivity contribution < 1.29 is 0 Å². The maximum atomic E-state index is 6.12. The fraction of sp³-hybridized carbons (Fsp3) is 0.500. The van der Waals surface area contributed by atoms with Crippen molar-refractivity contribution in [1.29, 1.82) is 0 Å². The van der Waals surface area contributed by atoms with Crippen LogP contribution in [0.4, 0.5) is 0 Å². The molecule has 1 atom stereocenters. The highest BCUT2D eigenvalue weighted by Crippen LogP contribution is 2.21. The van der Waals surface area contributed by atoms with E-state index in [4.69, 9.17) is 5.73 Å². The molecule has 1 aromatic rings. The third-order valence-electron chi connectivity index (χ3n) is 2.46. The molecule has 0 aromatic heterocycles. The van der Waals surface area contributed by atoms with Gasteiger partial charge in [0.15, 0.2) is 0 Å². The van der Waals surface area contributed by atoms with Crippen LogP contribution in [0.2, 0.25) is 0 Å². The third-order valence-corrected chi connectivity index (χ3v) is 2.95. The van der Waals surface area contributed by atoms with Gasteiger partial charge in [0.05, 0.1) is 0 Å². The standard InChI is InChI=1S/C12H18BrN/c1-12(2,3)11(14)8-9-5-4-6-10(13)7-9/h4-7,11H,8,14H2,1-3H3. The Balaban J connectivity index is 2.70.